The summed E-state index contributed by atoms with van der Waals surface area (Å²) in [5, 5.41) is 5.25. The lowest BCUT2D eigenvalue weighted by molar-refractivity contribution is 1.09. The molecule has 6 nitrogen and oxygen atoms in total. The number of aromatic nitrogens is 2. The maximum Gasteiger partial charge on any atom is 0.223 e. The summed E-state index contributed by atoms with van der Waals surface area (Å²) in [6.07, 6.45) is 0. The van der Waals surface area contributed by atoms with Gasteiger partial charge in [-0.25, -0.2) is 5.84 Å². The van der Waals surface area contributed by atoms with Crippen molar-refractivity contribution in [3.05, 3.63) is 28.0 Å². The number of nitrogens with zero attached hydrogens (tertiary/aromatic N) is 2. The predicted molar refractivity (Wildman–Crippen MR) is 70.6 cm³/mol. The van der Waals surface area contributed by atoms with E-state index in [1.807, 2.05) is 0 Å². The molecule has 6 N–H and O–H groups in total. The maximum atomic E-state index is 5.56. The molecule has 90 valence electrons. The Morgan fingerprint density at radius 1 is 1.35 bits per heavy atom. The van der Waals surface area contributed by atoms with Crippen LogP contribution >= 0.6 is 11.3 Å². The van der Waals surface area contributed by atoms with E-state index in [0.717, 1.165) is 0 Å². The van der Waals surface area contributed by atoms with Crippen molar-refractivity contribution < 1.29 is 0 Å². The molecule has 2 heterocycles. The Labute approximate surface area is 103 Å². The van der Waals surface area contributed by atoms with Gasteiger partial charge in [-0.2, -0.15) is 9.97 Å². The van der Waals surface area contributed by atoms with Gasteiger partial charge >= 0.3 is 0 Å². The van der Waals surface area contributed by atoms with Crippen LogP contribution in [0.1, 0.15) is 10.4 Å². The normalized spacial score (nSPS) is 10.2. The first-order chi connectivity index (χ1) is 8.19. The van der Waals surface area contributed by atoms with Crippen LogP contribution in [0.3, 0.4) is 0 Å². The van der Waals surface area contributed by atoms with E-state index in [1.54, 1.807) is 17.4 Å². The van der Waals surface area contributed by atoms with E-state index in [1.165, 1.54) is 10.4 Å². The number of aryl methyl sites for hydroxylation is 1. The van der Waals surface area contributed by atoms with E-state index in [4.69, 9.17) is 11.6 Å². The third-order valence-corrected chi connectivity index (χ3v) is 3.31. The van der Waals surface area contributed by atoms with E-state index in [2.05, 4.69) is 39.1 Å². The van der Waals surface area contributed by atoms with Crippen LogP contribution in [0.2, 0.25) is 0 Å². The van der Waals surface area contributed by atoms with Crippen molar-refractivity contribution in [2.24, 2.45) is 5.84 Å². The minimum absolute atomic E-state index is 0.186. The Kier molecular flexibility index (Phi) is 3.40. The van der Waals surface area contributed by atoms with Crippen LogP contribution in [0.15, 0.2) is 17.5 Å². The van der Waals surface area contributed by atoms with Crippen LogP contribution in [0.4, 0.5) is 17.6 Å². The van der Waals surface area contributed by atoms with Gasteiger partial charge in [0.05, 0.1) is 6.54 Å². The number of rotatable bonds is 4. The summed E-state index contributed by atoms with van der Waals surface area (Å²) in [5.41, 5.74) is 9.27. The van der Waals surface area contributed by atoms with Gasteiger partial charge in [-0.15, -0.1) is 11.3 Å². The minimum atomic E-state index is 0.186. The second kappa shape index (κ2) is 4.98. The number of hydrazine groups is 1. The summed E-state index contributed by atoms with van der Waals surface area (Å²) in [5.74, 6) is 6.61. The number of nitrogens with one attached hydrogen (secondary N) is 2. The molecule has 0 atom stereocenters. The minimum Gasteiger partial charge on any atom is -0.368 e. The molecule has 0 amide bonds. The smallest absolute Gasteiger partial charge is 0.223 e. The number of thiophene rings is 1. The number of nitrogen functional groups attached to an aromatic ring is 2. The summed E-state index contributed by atoms with van der Waals surface area (Å²) in [6.45, 7) is 2.79. The highest BCUT2D eigenvalue weighted by molar-refractivity contribution is 7.10. The molecule has 0 saturated heterocycles. The van der Waals surface area contributed by atoms with Crippen molar-refractivity contribution >= 4 is 28.9 Å². The van der Waals surface area contributed by atoms with Crippen LogP contribution in [-0.4, -0.2) is 9.97 Å². The molecule has 0 spiro atoms. The highest BCUT2D eigenvalue weighted by atomic mass is 32.1. The molecule has 0 bridgehead atoms. The first-order valence-electron chi connectivity index (χ1n) is 5.07. The molecule has 7 heteroatoms. The molecule has 2 rings (SSSR count). The standard InChI is InChI=1S/C10H14N6S/c1-6-2-3-17-7(6)5-13-8-4-9(16-12)15-10(11)14-8/h2-4H,5,12H2,1H3,(H4,11,13,14,15,16). The second-order valence-corrected chi connectivity index (χ2v) is 4.52. The second-order valence-electron chi connectivity index (χ2n) is 3.52. The lowest BCUT2D eigenvalue weighted by atomic mass is 10.3. The van der Waals surface area contributed by atoms with Crippen molar-refractivity contribution in [3.63, 3.8) is 0 Å². The van der Waals surface area contributed by atoms with E-state index in [0.29, 0.717) is 18.2 Å². The number of hydrogen-bond donors (Lipinski definition) is 4. The van der Waals surface area contributed by atoms with Crippen LogP contribution < -0.4 is 22.3 Å². The molecule has 2 aromatic rings. The summed E-state index contributed by atoms with van der Waals surface area (Å²) in [7, 11) is 0. The first kappa shape index (κ1) is 11.6. The van der Waals surface area contributed by atoms with E-state index < -0.39 is 0 Å². The van der Waals surface area contributed by atoms with E-state index in [9.17, 15) is 0 Å². The Morgan fingerprint density at radius 2 is 2.12 bits per heavy atom. The molecule has 0 unspecified atom stereocenters. The number of anilines is 3. The SMILES string of the molecule is Cc1ccsc1CNc1cc(NN)nc(N)n1. The Hall–Kier alpha value is -1.86. The molecule has 0 aliphatic heterocycles. The fraction of sp³-hybridized carbons (Fsp3) is 0.200. The van der Waals surface area contributed by atoms with Gasteiger partial charge in [0.1, 0.15) is 11.6 Å². The van der Waals surface area contributed by atoms with Crippen molar-refractivity contribution in [3.8, 4) is 0 Å². The van der Waals surface area contributed by atoms with Gasteiger partial charge in [0.2, 0.25) is 5.95 Å². The van der Waals surface area contributed by atoms with Crippen molar-refractivity contribution in [1.82, 2.24) is 9.97 Å². The molecule has 0 aliphatic carbocycles. The topological polar surface area (TPSA) is 102 Å². The highest BCUT2D eigenvalue weighted by Gasteiger charge is 2.03. The van der Waals surface area contributed by atoms with Gasteiger partial charge in [-0.3, -0.25) is 0 Å². The molecule has 0 radical (unpaired) electrons. The Morgan fingerprint density at radius 3 is 2.76 bits per heavy atom. The number of nitrogens with two attached hydrogens (primary N) is 2. The molecule has 0 saturated carbocycles. The average molecular weight is 250 g/mol. The summed E-state index contributed by atoms with van der Waals surface area (Å²) in [6, 6.07) is 3.79. The molecule has 17 heavy (non-hydrogen) atoms. The molecule has 0 aromatic carbocycles. The van der Waals surface area contributed by atoms with Crippen molar-refractivity contribution in [2.45, 2.75) is 13.5 Å². The van der Waals surface area contributed by atoms with Gasteiger partial charge in [0.15, 0.2) is 0 Å². The zero-order chi connectivity index (χ0) is 12.3. The van der Waals surface area contributed by atoms with Crippen LogP contribution in [0.5, 0.6) is 0 Å². The molecule has 0 aliphatic rings. The highest BCUT2D eigenvalue weighted by Crippen LogP contribution is 2.18. The Balaban J connectivity index is 2.09. The molecule has 2 aromatic heterocycles. The average Bonchev–Trinajstić information content (AvgIpc) is 2.71. The fourth-order valence-corrected chi connectivity index (χ4v) is 2.23. The Bertz CT molecular complexity index is 509. The molecular formula is C10H14N6S. The van der Waals surface area contributed by atoms with E-state index in [-0.39, 0.29) is 5.95 Å². The lowest BCUT2D eigenvalue weighted by Gasteiger charge is -2.07. The monoisotopic (exact) mass is 250 g/mol. The van der Waals surface area contributed by atoms with E-state index >= 15 is 0 Å². The zero-order valence-electron chi connectivity index (χ0n) is 9.40. The first-order valence-corrected chi connectivity index (χ1v) is 5.95. The van der Waals surface area contributed by atoms with Gasteiger partial charge < -0.3 is 16.5 Å². The van der Waals surface area contributed by atoms with Crippen LogP contribution in [0.25, 0.3) is 0 Å². The van der Waals surface area contributed by atoms with Crippen LogP contribution in [-0.2, 0) is 6.54 Å². The van der Waals surface area contributed by atoms with Gasteiger partial charge in [0.25, 0.3) is 0 Å². The van der Waals surface area contributed by atoms with Gasteiger partial charge in [-0.05, 0) is 23.9 Å². The molecule has 0 fully saturated rings. The fourth-order valence-electron chi connectivity index (χ4n) is 1.39. The largest absolute Gasteiger partial charge is 0.368 e. The summed E-state index contributed by atoms with van der Waals surface area (Å²) >= 11 is 1.71. The zero-order valence-corrected chi connectivity index (χ0v) is 10.2. The van der Waals surface area contributed by atoms with Crippen LogP contribution in [0, 0.1) is 6.92 Å². The maximum absolute atomic E-state index is 5.56. The quantitative estimate of drug-likeness (QED) is 0.482. The summed E-state index contributed by atoms with van der Waals surface area (Å²) < 4.78 is 0. The van der Waals surface area contributed by atoms with Gasteiger partial charge in [-0.1, -0.05) is 0 Å². The van der Waals surface area contributed by atoms with Crippen molar-refractivity contribution in [2.75, 3.05) is 16.5 Å². The third kappa shape index (κ3) is 2.83. The molecular weight excluding hydrogens is 236 g/mol. The third-order valence-electron chi connectivity index (χ3n) is 2.29. The van der Waals surface area contributed by atoms with Crippen molar-refractivity contribution in [1.29, 1.82) is 0 Å². The lowest BCUT2D eigenvalue weighted by Crippen LogP contribution is -2.12. The predicted octanol–water partition coefficient (Wildman–Crippen LogP) is 1.33. The number of hydrogen-bond acceptors (Lipinski definition) is 7. The van der Waals surface area contributed by atoms with Gasteiger partial charge in [0, 0.05) is 10.9 Å². The summed E-state index contributed by atoms with van der Waals surface area (Å²) in [4.78, 5) is 9.25.